The van der Waals surface area contributed by atoms with Crippen molar-refractivity contribution < 1.29 is 5.11 Å². The largest absolute Gasteiger partial charge is 0.387 e. The van der Waals surface area contributed by atoms with Gasteiger partial charge in [0.05, 0.1) is 5.60 Å². The van der Waals surface area contributed by atoms with Crippen LogP contribution >= 0.6 is 11.8 Å². The minimum Gasteiger partial charge on any atom is -0.387 e. The zero-order valence-corrected chi connectivity index (χ0v) is 13.7. The first-order chi connectivity index (χ1) is 9.61. The summed E-state index contributed by atoms with van der Waals surface area (Å²) in [6.07, 6.45) is 7.48. The van der Waals surface area contributed by atoms with Crippen molar-refractivity contribution in [3.63, 3.8) is 0 Å². The van der Waals surface area contributed by atoms with Gasteiger partial charge in [0.15, 0.2) is 5.96 Å². The first-order valence-electron chi connectivity index (χ1n) is 7.86. The molecule has 1 saturated heterocycles. The number of hydrogen-bond donors (Lipinski definition) is 3. The summed E-state index contributed by atoms with van der Waals surface area (Å²) in [6.45, 7) is 3.89. The summed E-state index contributed by atoms with van der Waals surface area (Å²) < 4.78 is 0. The fraction of sp³-hybridized carbons (Fsp3) is 0.933. The molecular weight excluding hydrogens is 270 g/mol. The number of nitrogens with one attached hydrogen (secondary N) is 2. The molecule has 4 nitrogen and oxygen atoms in total. The third-order valence-corrected chi connectivity index (χ3v) is 6.17. The molecule has 1 unspecified atom stereocenters. The second kappa shape index (κ2) is 7.03. The van der Waals surface area contributed by atoms with Gasteiger partial charge in [-0.05, 0) is 36.9 Å². The minimum absolute atomic E-state index is 0.456. The van der Waals surface area contributed by atoms with Gasteiger partial charge in [-0.15, -0.1) is 0 Å². The number of aliphatic hydroxyl groups is 1. The van der Waals surface area contributed by atoms with Crippen LogP contribution in [0.3, 0.4) is 0 Å². The van der Waals surface area contributed by atoms with Gasteiger partial charge < -0.3 is 15.7 Å². The van der Waals surface area contributed by atoms with Crippen molar-refractivity contribution in [2.24, 2.45) is 10.4 Å². The third-order valence-electron chi connectivity index (χ3n) is 4.94. The van der Waals surface area contributed by atoms with Gasteiger partial charge in [0.1, 0.15) is 0 Å². The maximum atomic E-state index is 10.3. The molecule has 1 heterocycles. The number of hydrogen-bond acceptors (Lipinski definition) is 3. The number of guanidine groups is 1. The van der Waals surface area contributed by atoms with Crippen molar-refractivity contribution >= 4 is 17.7 Å². The van der Waals surface area contributed by atoms with Gasteiger partial charge >= 0.3 is 0 Å². The highest BCUT2D eigenvalue weighted by Gasteiger charge is 2.33. The highest BCUT2D eigenvalue weighted by Crippen LogP contribution is 2.40. The molecule has 0 aromatic rings. The van der Waals surface area contributed by atoms with E-state index in [-0.39, 0.29) is 0 Å². The molecule has 5 heteroatoms. The lowest BCUT2D eigenvalue weighted by atomic mass is 9.83. The van der Waals surface area contributed by atoms with Crippen molar-refractivity contribution in [2.45, 2.75) is 51.0 Å². The van der Waals surface area contributed by atoms with E-state index in [1.807, 2.05) is 11.8 Å². The SMILES string of the molecule is CCC1(CNC(=NC)NCC2(O)CCSC2)CCCC1. The summed E-state index contributed by atoms with van der Waals surface area (Å²) in [5.41, 5.74) is -0.101. The lowest BCUT2D eigenvalue weighted by Gasteiger charge is -2.29. The van der Waals surface area contributed by atoms with E-state index in [4.69, 9.17) is 0 Å². The van der Waals surface area contributed by atoms with Gasteiger partial charge in [0.2, 0.25) is 0 Å². The topological polar surface area (TPSA) is 56.7 Å². The highest BCUT2D eigenvalue weighted by molar-refractivity contribution is 7.99. The van der Waals surface area contributed by atoms with E-state index >= 15 is 0 Å². The molecule has 3 N–H and O–H groups in total. The summed E-state index contributed by atoms with van der Waals surface area (Å²) in [5, 5.41) is 17.1. The Labute approximate surface area is 127 Å². The molecule has 0 amide bonds. The van der Waals surface area contributed by atoms with E-state index in [0.717, 1.165) is 30.4 Å². The minimum atomic E-state index is -0.557. The lowest BCUT2D eigenvalue weighted by molar-refractivity contribution is 0.0724. The Morgan fingerprint density at radius 2 is 1.90 bits per heavy atom. The Hall–Kier alpha value is -0.420. The first kappa shape index (κ1) is 16.0. The second-order valence-electron chi connectivity index (χ2n) is 6.37. The van der Waals surface area contributed by atoms with E-state index in [1.165, 1.54) is 32.1 Å². The van der Waals surface area contributed by atoms with E-state index in [1.54, 1.807) is 7.05 Å². The quantitative estimate of drug-likeness (QED) is 0.537. The van der Waals surface area contributed by atoms with Crippen molar-refractivity contribution in [2.75, 3.05) is 31.6 Å². The molecule has 1 saturated carbocycles. The summed E-state index contributed by atoms with van der Waals surface area (Å²) in [7, 11) is 1.80. The van der Waals surface area contributed by atoms with Crippen LogP contribution in [-0.4, -0.2) is 48.3 Å². The fourth-order valence-corrected chi connectivity index (χ4v) is 4.55. The van der Waals surface area contributed by atoms with Crippen LogP contribution in [-0.2, 0) is 0 Å². The van der Waals surface area contributed by atoms with Crippen molar-refractivity contribution in [3.8, 4) is 0 Å². The zero-order valence-electron chi connectivity index (χ0n) is 12.9. The van der Waals surface area contributed by atoms with Crippen LogP contribution in [0.2, 0.25) is 0 Å². The predicted octanol–water partition coefficient (Wildman–Crippen LogP) is 1.99. The van der Waals surface area contributed by atoms with Crippen LogP contribution in [0.1, 0.15) is 45.4 Å². The number of thioether (sulfide) groups is 1. The monoisotopic (exact) mass is 299 g/mol. The van der Waals surface area contributed by atoms with Gasteiger partial charge in [-0.1, -0.05) is 19.8 Å². The zero-order chi connectivity index (χ0) is 14.5. The smallest absolute Gasteiger partial charge is 0.191 e. The summed E-state index contributed by atoms with van der Waals surface area (Å²) >= 11 is 1.83. The lowest BCUT2D eigenvalue weighted by Crippen LogP contribution is -2.49. The van der Waals surface area contributed by atoms with Gasteiger partial charge in [-0.25, -0.2) is 0 Å². The van der Waals surface area contributed by atoms with Crippen LogP contribution in [0.4, 0.5) is 0 Å². The van der Waals surface area contributed by atoms with E-state index < -0.39 is 5.60 Å². The molecular formula is C15H29N3OS. The van der Waals surface area contributed by atoms with Crippen molar-refractivity contribution in [1.82, 2.24) is 10.6 Å². The van der Waals surface area contributed by atoms with E-state index in [2.05, 4.69) is 22.5 Å². The number of aliphatic imine (C=N–C) groups is 1. The number of nitrogens with zero attached hydrogens (tertiary/aromatic N) is 1. The predicted molar refractivity (Wildman–Crippen MR) is 87.4 cm³/mol. The molecule has 0 aromatic carbocycles. The molecule has 116 valence electrons. The van der Waals surface area contributed by atoms with Gasteiger partial charge in [0.25, 0.3) is 0 Å². The summed E-state index contributed by atoms with van der Waals surface area (Å²) in [6, 6.07) is 0. The molecule has 0 spiro atoms. The Morgan fingerprint density at radius 1 is 1.20 bits per heavy atom. The van der Waals surface area contributed by atoms with Crippen LogP contribution < -0.4 is 10.6 Å². The van der Waals surface area contributed by atoms with Crippen molar-refractivity contribution in [3.05, 3.63) is 0 Å². The summed E-state index contributed by atoms with van der Waals surface area (Å²) in [4.78, 5) is 4.28. The average molecular weight is 299 g/mol. The van der Waals surface area contributed by atoms with Crippen LogP contribution in [0.25, 0.3) is 0 Å². The average Bonchev–Trinajstić information content (AvgIpc) is 3.09. The molecule has 2 aliphatic rings. The second-order valence-corrected chi connectivity index (χ2v) is 7.47. The van der Waals surface area contributed by atoms with E-state index in [9.17, 15) is 5.11 Å². The normalized spacial score (nSPS) is 29.6. The van der Waals surface area contributed by atoms with E-state index in [0.29, 0.717) is 12.0 Å². The Morgan fingerprint density at radius 3 is 2.45 bits per heavy atom. The van der Waals surface area contributed by atoms with Crippen LogP contribution in [0, 0.1) is 5.41 Å². The van der Waals surface area contributed by atoms with Gasteiger partial charge in [0, 0.05) is 25.9 Å². The molecule has 1 atom stereocenters. The van der Waals surface area contributed by atoms with Crippen LogP contribution in [0.15, 0.2) is 4.99 Å². The maximum absolute atomic E-state index is 10.3. The molecule has 1 aliphatic heterocycles. The van der Waals surface area contributed by atoms with Gasteiger partial charge in [-0.3, -0.25) is 4.99 Å². The molecule has 1 aliphatic carbocycles. The number of rotatable bonds is 5. The fourth-order valence-electron chi connectivity index (χ4n) is 3.26. The molecule has 20 heavy (non-hydrogen) atoms. The standard InChI is InChI=1S/C15H29N3OS/c1-3-14(6-4-5-7-14)10-17-13(16-2)18-11-15(19)8-9-20-12-15/h19H,3-12H2,1-2H3,(H2,16,17,18). The first-order valence-corrected chi connectivity index (χ1v) is 9.02. The Balaban J connectivity index is 1.77. The Bertz CT molecular complexity index is 334. The third kappa shape index (κ3) is 4.04. The Kier molecular flexibility index (Phi) is 5.61. The molecule has 2 fully saturated rings. The molecule has 0 radical (unpaired) electrons. The van der Waals surface area contributed by atoms with Gasteiger partial charge in [-0.2, -0.15) is 11.8 Å². The van der Waals surface area contributed by atoms with Crippen LogP contribution in [0.5, 0.6) is 0 Å². The van der Waals surface area contributed by atoms with Crippen molar-refractivity contribution in [1.29, 1.82) is 0 Å². The molecule has 2 rings (SSSR count). The summed E-state index contributed by atoms with van der Waals surface area (Å²) in [5.74, 6) is 2.72. The maximum Gasteiger partial charge on any atom is 0.191 e. The highest BCUT2D eigenvalue weighted by atomic mass is 32.2. The molecule has 0 bridgehead atoms. The molecule has 0 aromatic heterocycles.